The van der Waals surface area contributed by atoms with Gasteiger partial charge in [-0.05, 0) is 63.1 Å². The number of carbonyl (C=O) groups is 2. The van der Waals surface area contributed by atoms with Crippen molar-refractivity contribution in [2.75, 3.05) is 6.61 Å². The maximum absolute atomic E-state index is 14.6. The largest absolute Gasteiger partial charge is 0.494 e. The van der Waals surface area contributed by atoms with E-state index < -0.39 is 17.4 Å². The number of nitrogens with zero attached hydrogens (tertiary/aromatic N) is 1. The van der Waals surface area contributed by atoms with Crippen LogP contribution < -0.4 is 10.1 Å². The van der Waals surface area contributed by atoms with Crippen LogP contribution in [0.2, 0.25) is 5.02 Å². The minimum Gasteiger partial charge on any atom is -0.494 e. The summed E-state index contributed by atoms with van der Waals surface area (Å²) in [6.07, 6.45) is 0.897. The standard InChI is InChI=1S/C30H34ClFN2O3/c1-30(2,3)33-29(36)27(20-22-10-5-4-6-11-22)34(21-23-12-7-8-13-26(23)32)28(35)14-9-19-37-25-17-15-24(31)16-18-25/h4-8,10-13,15-18,27H,9,14,19-21H2,1-3H3,(H,33,36)/t27-/m0/s1. The molecular weight excluding hydrogens is 491 g/mol. The third-order valence-electron chi connectivity index (χ3n) is 5.69. The fraction of sp³-hybridized carbons (Fsp3) is 0.333. The van der Waals surface area contributed by atoms with Gasteiger partial charge in [-0.1, -0.05) is 60.1 Å². The average Bonchev–Trinajstić information content (AvgIpc) is 2.85. The zero-order valence-electron chi connectivity index (χ0n) is 21.5. The highest BCUT2D eigenvalue weighted by Crippen LogP contribution is 2.20. The molecule has 0 aliphatic heterocycles. The second-order valence-corrected chi connectivity index (χ2v) is 10.4. The van der Waals surface area contributed by atoms with Gasteiger partial charge in [-0.3, -0.25) is 9.59 Å². The van der Waals surface area contributed by atoms with Gasteiger partial charge in [0.15, 0.2) is 0 Å². The molecule has 1 atom stereocenters. The molecule has 3 aromatic rings. The lowest BCUT2D eigenvalue weighted by molar-refractivity contribution is -0.142. The normalized spacial score (nSPS) is 12.0. The molecule has 0 unspecified atom stereocenters. The fourth-order valence-electron chi connectivity index (χ4n) is 3.90. The zero-order chi connectivity index (χ0) is 26.8. The molecule has 7 heteroatoms. The first-order valence-corrected chi connectivity index (χ1v) is 12.8. The Morgan fingerprint density at radius 3 is 2.27 bits per heavy atom. The van der Waals surface area contributed by atoms with E-state index in [1.165, 1.54) is 11.0 Å². The molecule has 1 N–H and O–H groups in total. The molecule has 3 rings (SSSR count). The second kappa shape index (κ2) is 13.2. The number of nitrogens with one attached hydrogen (secondary N) is 1. The van der Waals surface area contributed by atoms with Crippen LogP contribution in [0.1, 0.15) is 44.7 Å². The summed E-state index contributed by atoms with van der Waals surface area (Å²) >= 11 is 5.92. The lowest BCUT2D eigenvalue weighted by Gasteiger charge is -2.34. The molecule has 0 heterocycles. The molecule has 5 nitrogen and oxygen atoms in total. The molecule has 0 fully saturated rings. The Balaban J connectivity index is 1.81. The van der Waals surface area contributed by atoms with Gasteiger partial charge in [-0.2, -0.15) is 0 Å². The van der Waals surface area contributed by atoms with Gasteiger partial charge in [0.1, 0.15) is 17.6 Å². The smallest absolute Gasteiger partial charge is 0.243 e. The number of rotatable bonds is 11. The summed E-state index contributed by atoms with van der Waals surface area (Å²) in [6.45, 7) is 5.97. The molecule has 0 aromatic heterocycles. The van der Waals surface area contributed by atoms with Crippen LogP contribution in [0.15, 0.2) is 78.9 Å². The summed E-state index contributed by atoms with van der Waals surface area (Å²) in [7, 11) is 0. The van der Waals surface area contributed by atoms with Gasteiger partial charge in [-0.25, -0.2) is 4.39 Å². The average molecular weight is 525 g/mol. The molecule has 0 aliphatic carbocycles. The van der Waals surface area contributed by atoms with Gasteiger partial charge in [0.25, 0.3) is 0 Å². The Bertz CT molecular complexity index is 1160. The van der Waals surface area contributed by atoms with Crippen LogP contribution >= 0.6 is 11.6 Å². The summed E-state index contributed by atoms with van der Waals surface area (Å²) in [5, 5.41) is 3.62. The van der Waals surface area contributed by atoms with Crippen molar-refractivity contribution in [3.05, 3.63) is 101 Å². The van der Waals surface area contributed by atoms with E-state index in [2.05, 4.69) is 5.32 Å². The van der Waals surface area contributed by atoms with Crippen molar-refractivity contribution in [2.24, 2.45) is 0 Å². The Hall–Kier alpha value is -3.38. The van der Waals surface area contributed by atoms with E-state index in [0.29, 0.717) is 35.8 Å². The van der Waals surface area contributed by atoms with Gasteiger partial charge in [0.05, 0.1) is 6.61 Å². The summed E-state index contributed by atoms with van der Waals surface area (Å²) in [5.74, 6) is -0.279. The van der Waals surface area contributed by atoms with Crippen LogP contribution in [0.5, 0.6) is 5.75 Å². The minimum absolute atomic E-state index is 0.0153. The van der Waals surface area contributed by atoms with Gasteiger partial charge in [0.2, 0.25) is 11.8 Å². The Kier molecular flexibility index (Phi) is 10.1. The number of amides is 2. The van der Waals surface area contributed by atoms with Crippen molar-refractivity contribution in [1.29, 1.82) is 0 Å². The topological polar surface area (TPSA) is 58.6 Å². The predicted octanol–water partition coefficient (Wildman–Crippen LogP) is 6.19. The number of benzene rings is 3. The first-order valence-electron chi connectivity index (χ1n) is 12.4. The molecule has 196 valence electrons. The van der Waals surface area contributed by atoms with Crippen LogP contribution in [0, 0.1) is 5.82 Å². The van der Waals surface area contributed by atoms with Gasteiger partial charge in [-0.15, -0.1) is 0 Å². The predicted molar refractivity (Wildman–Crippen MR) is 145 cm³/mol. The fourth-order valence-corrected chi connectivity index (χ4v) is 4.03. The van der Waals surface area contributed by atoms with Crippen LogP contribution in [-0.4, -0.2) is 34.9 Å². The molecule has 0 bridgehead atoms. The first-order chi connectivity index (χ1) is 17.6. The van der Waals surface area contributed by atoms with Crippen molar-refractivity contribution < 1.29 is 18.7 Å². The monoisotopic (exact) mass is 524 g/mol. The number of hydrogen-bond donors (Lipinski definition) is 1. The molecule has 0 saturated heterocycles. The second-order valence-electron chi connectivity index (χ2n) is 9.96. The van der Waals surface area contributed by atoms with Crippen LogP contribution in [-0.2, 0) is 22.6 Å². The van der Waals surface area contributed by atoms with Crippen molar-refractivity contribution >= 4 is 23.4 Å². The van der Waals surface area contributed by atoms with E-state index in [-0.39, 0.29) is 24.8 Å². The Labute approximate surface area is 223 Å². The lowest BCUT2D eigenvalue weighted by Crippen LogP contribution is -2.54. The molecule has 2 amide bonds. The minimum atomic E-state index is -0.814. The van der Waals surface area contributed by atoms with Crippen LogP contribution in [0.25, 0.3) is 0 Å². The first kappa shape index (κ1) is 28.2. The summed E-state index contributed by atoms with van der Waals surface area (Å²) in [4.78, 5) is 28.6. The van der Waals surface area contributed by atoms with Crippen LogP contribution in [0.4, 0.5) is 4.39 Å². The van der Waals surface area contributed by atoms with E-state index in [1.807, 2.05) is 51.1 Å². The quantitative estimate of drug-likeness (QED) is 0.304. The number of ether oxygens (including phenoxy) is 1. The Morgan fingerprint density at radius 2 is 1.62 bits per heavy atom. The highest BCUT2D eigenvalue weighted by molar-refractivity contribution is 6.30. The summed E-state index contributed by atoms with van der Waals surface area (Å²) in [6, 6.07) is 22.0. The van der Waals surface area contributed by atoms with E-state index >= 15 is 0 Å². The maximum Gasteiger partial charge on any atom is 0.243 e. The molecule has 0 spiro atoms. The zero-order valence-corrected chi connectivity index (χ0v) is 22.3. The summed E-state index contributed by atoms with van der Waals surface area (Å²) in [5.41, 5.74) is 0.773. The summed E-state index contributed by atoms with van der Waals surface area (Å²) < 4.78 is 20.4. The molecule has 0 saturated carbocycles. The SMILES string of the molecule is CC(C)(C)NC(=O)[C@H](Cc1ccccc1)N(Cc1ccccc1F)C(=O)CCCOc1ccc(Cl)cc1. The molecule has 3 aromatic carbocycles. The van der Waals surface area contributed by atoms with Crippen molar-refractivity contribution in [3.63, 3.8) is 0 Å². The van der Waals surface area contributed by atoms with Crippen LogP contribution in [0.3, 0.4) is 0 Å². The number of hydrogen-bond acceptors (Lipinski definition) is 3. The third-order valence-corrected chi connectivity index (χ3v) is 5.94. The number of carbonyl (C=O) groups excluding carboxylic acids is 2. The van der Waals surface area contributed by atoms with Gasteiger partial charge in [0, 0.05) is 35.5 Å². The van der Waals surface area contributed by atoms with Crippen molar-refractivity contribution in [1.82, 2.24) is 10.2 Å². The van der Waals surface area contributed by atoms with Gasteiger partial charge < -0.3 is 15.0 Å². The highest BCUT2D eigenvalue weighted by Gasteiger charge is 2.32. The molecule has 0 radical (unpaired) electrons. The van der Waals surface area contributed by atoms with Crippen molar-refractivity contribution in [2.45, 2.75) is 58.2 Å². The van der Waals surface area contributed by atoms with E-state index in [4.69, 9.17) is 16.3 Å². The van der Waals surface area contributed by atoms with Crippen molar-refractivity contribution in [3.8, 4) is 5.75 Å². The van der Waals surface area contributed by atoms with E-state index in [9.17, 15) is 14.0 Å². The lowest BCUT2D eigenvalue weighted by atomic mass is 10.00. The highest BCUT2D eigenvalue weighted by atomic mass is 35.5. The molecule has 37 heavy (non-hydrogen) atoms. The number of halogens is 2. The molecule has 0 aliphatic rings. The third kappa shape index (κ3) is 9.21. The van der Waals surface area contributed by atoms with E-state index in [1.54, 1.807) is 42.5 Å². The molecular formula is C30H34ClFN2O3. The Morgan fingerprint density at radius 1 is 0.973 bits per heavy atom. The van der Waals surface area contributed by atoms with Gasteiger partial charge >= 0.3 is 0 Å². The maximum atomic E-state index is 14.6. The van der Waals surface area contributed by atoms with E-state index in [0.717, 1.165) is 5.56 Å².